The Morgan fingerprint density at radius 2 is 2.21 bits per heavy atom. The van der Waals surface area contributed by atoms with Crippen LogP contribution in [0.15, 0.2) is 6.20 Å². The smallest absolute Gasteiger partial charge is 0.410 e. The lowest BCUT2D eigenvalue weighted by Crippen LogP contribution is -2.40. The number of rotatable bonds is 0. The van der Waals surface area contributed by atoms with Gasteiger partial charge in [-0.15, -0.1) is 0 Å². The van der Waals surface area contributed by atoms with E-state index in [1.54, 1.807) is 11.1 Å². The molecule has 0 radical (unpaired) electrons. The number of hydrogen-bond acceptors (Lipinski definition) is 4. The zero-order valence-electron chi connectivity index (χ0n) is 11.4. The van der Waals surface area contributed by atoms with E-state index in [1.807, 2.05) is 20.8 Å². The fraction of sp³-hybridized carbons (Fsp3) is 0.538. The summed E-state index contributed by atoms with van der Waals surface area (Å²) in [7, 11) is 0. The quantitative estimate of drug-likeness (QED) is 0.708. The highest BCUT2D eigenvalue weighted by molar-refractivity contribution is 14.1. The van der Waals surface area contributed by atoms with Gasteiger partial charge in [0.2, 0.25) is 0 Å². The van der Waals surface area contributed by atoms with E-state index in [0.717, 1.165) is 15.6 Å². The number of halogens is 1. The SMILES string of the molecule is CC(C)(C)OC(=O)N1CCc2cnc(N)c(I)c2C1. The number of carbonyl (C=O) groups excluding carboxylic acids is 1. The van der Waals surface area contributed by atoms with Crippen molar-refractivity contribution in [1.29, 1.82) is 0 Å². The van der Waals surface area contributed by atoms with E-state index >= 15 is 0 Å². The number of nitrogens with two attached hydrogens (primary N) is 1. The second-order valence-corrected chi connectivity index (χ2v) is 6.69. The Bertz CT molecular complexity index is 511. The number of anilines is 1. The monoisotopic (exact) mass is 375 g/mol. The molecule has 0 atom stereocenters. The number of aromatic nitrogens is 1. The van der Waals surface area contributed by atoms with Gasteiger partial charge in [-0.25, -0.2) is 9.78 Å². The zero-order valence-corrected chi connectivity index (χ0v) is 13.5. The highest BCUT2D eigenvalue weighted by Crippen LogP contribution is 2.27. The molecule has 19 heavy (non-hydrogen) atoms. The number of pyridine rings is 1. The molecular formula is C13H18IN3O2. The minimum atomic E-state index is -0.470. The normalized spacial score (nSPS) is 15.1. The van der Waals surface area contributed by atoms with E-state index in [9.17, 15) is 4.79 Å². The first kappa shape index (κ1) is 14.4. The summed E-state index contributed by atoms with van der Waals surface area (Å²) in [5, 5.41) is 0. The van der Waals surface area contributed by atoms with Gasteiger partial charge in [-0.3, -0.25) is 0 Å². The maximum atomic E-state index is 12.1. The van der Waals surface area contributed by atoms with E-state index < -0.39 is 5.60 Å². The Labute approximate surface area is 126 Å². The molecule has 1 aliphatic heterocycles. The van der Waals surface area contributed by atoms with Crippen LogP contribution in [0.5, 0.6) is 0 Å². The average Bonchev–Trinajstić information content (AvgIpc) is 2.31. The summed E-state index contributed by atoms with van der Waals surface area (Å²) in [6.45, 7) is 6.80. The third-order valence-electron chi connectivity index (χ3n) is 2.89. The Morgan fingerprint density at radius 1 is 1.53 bits per heavy atom. The van der Waals surface area contributed by atoms with Gasteiger partial charge in [-0.05, 0) is 60.9 Å². The van der Waals surface area contributed by atoms with E-state index in [4.69, 9.17) is 10.5 Å². The van der Waals surface area contributed by atoms with E-state index in [0.29, 0.717) is 18.9 Å². The van der Waals surface area contributed by atoms with E-state index in [2.05, 4.69) is 27.6 Å². The van der Waals surface area contributed by atoms with Crippen LogP contribution >= 0.6 is 22.6 Å². The molecule has 2 rings (SSSR count). The van der Waals surface area contributed by atoms with Crippen molar-refractivity contribution in [3.63, 3.8) is 0 Å². The number of hydrogen-bond donors (Lipinski definition) is 1. The highest BCUT2D eigenvalue weighted by atomic mass is 127. The Hall–Kier alpha value is -1.05. The number of nitrogens with zero attached hydrogens (tertiary/aromatic N) is 2. The number of fused-ring (bicyclic) bond motifs is 1. The van der Waals surface area contributed by atoms with Gasteiger partial charge in [0.1, 0.15) is 11.4 Å². The molecule has 2 N–H and O–H groups in total. The molecular weight excluding hydrogens is 357 g/mol. The Morgan fingerprint density at radius 3 is 2.84 bits per heavy atom. The molecule has 0 fully saturated rings. The second kappa shape index (κ2) is 5.15. The fourth-order valence-electron chi connectivity index (χ4n) is 1.97. The average molecular weight is 375 g/mol. The predicted octanol–water partition coefficient (Wildman–Crippen LogP) is 2.56. The van der Waals surface area contributed by atoms with Crippen molar-refractivity contribution in [3.8, 4) is 0 Å². The van der Waals surface area contributed by atoms with Crippen molar-refractivity contribution in [2.24, 2.45) is 0 Å². The van der Waals surface area contributed by atoms with Gasteiger partial charge in [0, 0.05) is 12.7 Å². The van der Waals surface area contributed by atoms with Crippen molar-refractivity contribution in [3.05, 3.63) is 20.9 Å². The van der Waals surface area contributed by atoms with Crippen molar-refractivity contribution in [2.45, 2.75) is 39.3 Å². The topological polar surface area (TPSA) is 68.5 Å². The number of amides is 1. The van der Waals surface area contributed by atoms with E-state index in [1.165, 1.54) is 5.56 Å². The van der Waals surface area contributed by atoms with Crippen molar-refractivity contribution in [1.82, 2.24) is 9.88 Å². The summed E-state index contributed by atoms with van der Waals surface area (Å²) in [6, 6.07) is 0. The van der Waals surface area contributed by atoms with Crippen LogP contribution in [0.25, 0.3) is 0 Å². The molecule has 1 aliphatic rings. The highest BCUT2D eigenvalue weighted by Gasteiger charge is 2.27. The molecule has 0 aromatic carbocycles. The molecule has 0 saturated heterocycles. The first-order valence-corrected chi connectivity index (χ1v) is 7.25. The van der Waals surface area contributed by atoms with Crippen molar-refractivity contribution >= 4 is 34.5 Å². The molecule has 0 saturated carbocycles. The lowest BCUT2D eigenvalue weighted by Gasteiger charge is -2.31. The molecule has 104 valence electrons. The number of ether oxygens (including phenoxy) is 1. The van der Waals surface area contributed by atoms with Crippen molar-refractivity contribution in [2.75, 3.05) is 12.3 Å². The Balaban J connectivity index is 2.18. The van der Waals surface area contributed by atoms with Crippen LogP contribution < -0.4 is 5.73 Å². The zero-order chi connectivity index (χ0) is 14.2. The van der Waals surface area contributed by atoms with Gasteiger partial charge in [-0.1, -0.05) is 0 Å². The van der Waals surface area contributed by atoms with Crippen LogP contribution in [0.1, 0.15) is 31.9 Å². The predicted molar refractivity (Wildman–Crippen MR) is 81.7 cm³/mol. The lowest BCUT2D eigenvalue weighted by atomic mass is 10.0. The van der Waals surface area contributed by atoms with E-state index in [-0.39, 0.29) is 6.09 Å². The molecule has 0 bridgehead atoms. The summed E-state index contributed by atoms with van der Waals surface area (Å²) in [4.78, 5) is 17.9. The maximum absolute atomic E-state index is 12.1. The molecule has 6 heteroatoms. The number of carbonyl (C=O) groups is 1. The van der Waals surface area contributed by atoms with Crippen LogP contribution in [0.4, 0.5) is 10.6 Å². The third kappa shape index (κ3) is 3.29. The molecule has 1 aromatic heterocycles. The van der Waals surface area contributed by atoms with Crippen LogP contribution in [-0.4, -0.2) is 28.1 Å². The maximum Gasteiger partial charge on any atom is 0.410 e. The minimum Gasteiger partial charge on any atom is -0.444 e. The number of nitrogen functional groups attached to an aromatic ring is 1. The van der Waals surface area contributed by atoms with Crippen LogP contribution in [-0.2, 0) is 17.7 Å². The standard InChI is InChI=1S/C13H18IN3O2/c1-13(2,3)19-12(18)17-5-4-8-6-16-11(15)10(14)9(8)7-17/h6H,4-5,7H2,1-3H3,(H2,15,16). The van der Waals surface area contributed by atoms with Gasteiger partial charge in [0.25, 0.3) is 0 Å². The van der Waals surface area contributed by atoms with Gasteiger partial charge in [-0.2, -0.15) is 0 Å². The minimum absolute atomic E-state index is 0.274. The summed E-state index contributed by atoms with van der Waals surface area (Å²) in [5.41, 5.74) is 7.60. The van der Waals surface area contributed by atoms with Gasteiger partial charge < -0.3 is 15.4 Å². The molecule has 0 spiro atoms. The lowest BCUT2D eigenvalue weighted by molar-refractivity contribution is 0.0223. The van der Waals surface area contributed by atoms with Crippen LogP contribution in [0.3, 0.4) is 0 Å². The second-order valence-electron chi connectivity index (χ2n) is 5.61. The molecule has 2 heterocycles. The fourth-order valence-corrected chi connectivity index (χ4v) is 2.63. The molecule has 1 amide bonds. The summed E-state index contributed by atoms with van der Waals surface area (Å²) >= 11 is 2.18. The van der Waals surface area contributed by atoms with Gasteiger partial charge in [0.15, 0.2) is 0 Å². The van der Waals surface area contributed by atoms with Crippen LogP contribution in [0, 0.1) is 3.57 Å². The largest absolute Gasteiger partial charge is 0.444 e. The summed E-state index contributed by atoms with van der Waals surface area (Å²) in [5.74, 6) is 0.519. The molecule has 5 nitrogen and oxygen atoms in total. The third-order valence-corrected chi connectivity index (χ3v) is 4.09. The van der Waals surface area contributed by atoms with Gasteiger partial charge in [0.05, 0.1) is 10.1 Å². The summed E-state index contributed by atoms with van der Waals surface area (Å²) < 4.78 is 6.33. The first-order chi connectivity index (χ1) is 8.78. The first-order valence-electron chi connectivity index (χ1n) is 6.17. The summed E-state index contributed by atoms with van der Waals surface area (Å²) in [6.07, 6.45) is 2.32. The Kier molecular flexibility index (Phi) is 3.89. The molecule has 0 unspecified atom stereocenters. The van der Waals surface area contributed by atoms with Crippen molar-refractivity contribution < 1.29 is 9.53 Å². The molecule has 1 aromatic rings. The van der Waals surface area contributed by atoms with Crippen LogP contribution in [0.2, 0.25) is 0 Å². The van der Waals surface area contributed by atoms with Gasteiger partial charge >= 0.3 is 6.09 Å². The molecule has 0 aliphatic carbocycles.